The number of amides is 1. The fourth-order valence-electron chi connectivity index (χ4n) is 1.41. The third-order valence-corrected chi connectivity index (χ3v) is 3.43. The highest BCUT2D eigenvalue weighted by molar-refractivity contribution is 8.26. The molecule has 0 radical (unpaired) electrons. The van der Waals surface area contributed by atoms with Crippen molar-refractivity contribution in [3.05, 3.63) is 40.3 Å². The number of ether oxygens (including phenoxy) is 1. The lowest BCUT2D eigenvalue weighted by Crippen LogP contribution is -2.17. The predicted molar refractivity (Wildman–Crippen MR) is 74.1 cm³/mol. The number of methoxy groups -OCH3 is 1. The molecule has 0 bridgehead atoms. The van der Waals surface area contributed by atoms with Crippen LogP contribution >= 0.6 is 24.0 Å². The third kappa shape index (κ3) is 2.77. The van der Waals surface area contributed by atoms with Gasteiger partial charge in [0, 0.05) is 0 Å². The molecule has 1 saturated heterocycles. The number of nitrogens with one attached hydrogen (secondary N) is 1. The number of carbonyl (C=O) groups excluding carboxylic acids is 2. The molecule has 1 aliphatic rings. The minimum absolute atomic E-state index is 0.193. The van der Waals surface area contributed by atoms with Crippen LogP contribution in [-0.4, -0.2) is 23.3 Å². The smallest absolute Gasteiger partial charge is 0.337 e. The van der Waals surface area contributed by atoms with Gasteiger partial charge in [0.1, 0.15) is 4.32 Å². The van der Waals surface area contributed by atoms with E-state index in [2.05, 4.69) is 10.1 Å². The molecule has 1 fully saturated rings. The molecule has 0 aromatic heterocycles. The molecule has 1 aromatic rings. The Morgan fingerprint density at radius 3 is 2.56 bits per heavy atom. The van der Waals surface area contributed by atoms with Gasteiger partial charge in [-0.3, -0.25) is 4.79 Å². The van der Waals surface area contributed by atoms with Crippen LogP contribution in [0.5, 0.6) is 0 Å². The van der Waals surface area contributed by atoms with Crippen LogP contribution in [0.4, 0.5) is 0 Å². The van der Waals surface area contributed by atoms with E-state index in [0.29, 0.717) is 14.8 Å². The molecular formula is C12H9NO3S2. The number of esters is 1. The van der Waals surface area contributed by atoms with Gasteiger partial charge in [-0.25, -0.2) is 4.79 Å². The Labute approximate surface area is 113 Å². The van der Waals surface area contributed by atoms with Crippen molar-refractivity contribution in [1.29, 1.82) is 0 Å². The highest BCUT2D eigenvalue weighted by Crippen LogP contribution is 2.25. The molecule has 1 aromatic carbocycles. The molecule has 2 rings (SSSR count). The highest BCUT2D eigenvalue weighted by Gasteiger charge is 2.21. The van der Waals surface area contributed by atoms with Crippen LogP contribution in [0.1, 0.15) is 15.9 Å². The minimum Gasteiger partial charge on any atom is -0.465 e. The van der Waals surface area contributed by atoms with Crippen LogP contribution < -0.4 is 5.32 Å². The molecule has 0 aliphatic carbocycles. The average Bonchev–Trinajstić information content (AvgIpc) is 2.68. The Bertz CT molecular complexity index is 549. The SMILES string of the molecule is COC(=O)c1ccc(C=C2SC(=S)NC2=O)cc1. The highest BCUT2D eigenvalue weighted by atomic mass is 32.2. The summed E-state index contributed by atoms with van der Waals surface area (Å²) in [5.74, 6) is -0.578. The summed E-state index contributed by atoms with van der Waals surface area (Å²) >= 11 is 6.11. The standard InChI is InChI=1S/C12H9NO3S2/c1-16-11(15)8-4-2-7(3-5-8)6-9-10(14)13-12(17)18-9/h2-6H,1H3,(H,13,14,17). The van der Waals surface area contributed by atoms with Gasteiger partial charge in [-0.1, -0.05) is 36.1 Å². The van der Waals surface area contributed by atoms with E-state index in [-0.39, 0.29) is 11.9 Å². The van der Waals surface area contributed by atoms with Crippen molar-refractivity contribution < 1.29 is 14.3 Å². The molecule has 4 nitrogen and oxygen atoms in total. The maximum atomic E-state index is 11.4. The fraction of sp³-hybridized carbons (Fsp3) is 0.0833. The Hall–Kier alpha value is -1.66. The summed E-state index contributed by atoms with van der Waals surface area (Å²) in [5.41, 5.74) is 1.30. The van der Waals surface area contributed by atoms with Crippen LogP contribution in [0.3, 0.4) is 0 Å². The molecule has 6 heteroatoms. The lowest BCUT2D eigenvalue weighted by molar-refractivity contribution is -0.115. The number of carbonyl (C=O) groups is 2. The van der Waals surface area contributed by atoms with Crippen molar-refractivity contribution >= 4 is 46.3 Å². The maximum absolute atomic E-state index is 11.4. The van der Waals surface area contributed by atoms with Crippen molar-refractivity contribution in [2.45, 2.75) is 0 Å². The molecule has 1 heterocycles. The second-order valence-corrected chi connectivity index (χ2v) is 5.18. The molecule has 0 saturated carbocycles. The largest absolute Gasteiger partial charge is 0.465 e. The lowest BCUT2D eigenvalue weighted by Gasteiger charge is -1.99. The van der Waals surface area contributed by atoms with Crippen LogP contribution in [0, 0.1) is 0 Å². The van der Waals surface area contributed by atoms with Gasteiger partial charge in [0.2, 0.25) is 0 Å². The Morgan fingerprint density at radius 2 is 2.06 bits per heavy atom. The first-order chi connectivity index (χ1) is 8.60. The minimum atomic E-state index is -0.386. The zero-order chi connectivity index (χ0) is 13.1. The number of thiocarbonyl (C=S) groups is 1. The first-order valence-corrected chi connectivity index (χ1v) is 6.26. The zero-order valence-electron chi connectivity index (χ0n) is 9.43. The van der Waals surface area contributed by atoms with E-state index in [1.807, 2.05) is 0 Å². The number of benzene rings is 1. The first kappa shape index (κ1) is 12.8. The molecule has 1 aliphatic heterocycles. The van der Waals surface area contributed by atoms with Crippen LogP contribution in [-0.2, 0) is 9.53 Å². The molecule has 0 spiro atoms. The van der Waals surface area contributed by atoms with Gasteiger partial charge < -0.3 is 10.1 Å². The Balaban J connectivity index is 2.21. The summed E-state index contributed by atoms with van der Waals surface area (Å²) in [4.78, 5) is 23.2. The van der Waals surface area contributed by atoms with Crippen molar-refractivity contribution in [3.8, 4) is 0 Å². The van der Waals surface area contributed by atoms with E-state index in [1.54, 1.807) is 30.3 Å². The molecule has 0 unspecified atom stereocenters. The summed E-state index contributed by atoms with van der Waals surface area (Å²) < 4.78 is 5.06. The number of hydrogen-bond donors (Lipinski definition) is 1. The molecule has 92 valence electrons. The fourth-order valence-corrected chi connectivity index (χ4v) is 2.45. The van der Waals surface area contributed by atoms with Crippen LogP contribution in [0.25, 0.3) is 6.08 Å². The number of rotatable bonds is 2. The number of hydrogen-bond acceptors (Lipinski definition) is 5. The van der Waals surface area contributed by atoms with Gasteiger partial charge in [0.25, 0.3) is 5.91 Å². The van der Waals surface area contributed by atoms with E-state index in [1.165, 1.54) is 18.9 Å². The monoisotopic (exact) mass is 279 g/mol. The van der Waals surface area contributed by atoms with Gasteiger partial charge in [-0.05, 0) is 23.8 Å². The molecule has 1 N–H and O–H groups in total. The van der Waals surface area contributed by atoms with Crippen molar-refractivity contribution in [1.82, 2.24) is 5.32 Å². The van der Waals surface area contributed by atoms with Crippen molar-refractivity contribution in [3.63, 3.8) is 0 Å². The lowest BCUT2D eigenvalue weighted by atomic mass is 10.1. The first-order valence-electron chi connectivity index (χ1n) is 5.03. The normalized spacial score (nSPS) is 16.8. The average molecular weight is 279 g/mol. The third-order valence-electron chi connectivity index (χ3n) is 2.27. The Morgan fingerprint density at radius 1 is 1.39 bits per heavy atom. The number of thioether (sulfide) groups is 1. The van der Waals surface area contributed by atoms with E-state index in [4.69, 9.17) is 12.2 Å². The van der Waals surface area contributed by atoms with E-state index in [0.717, 1.165) is 5.56 Å². The Kier molecular flexibility index (Phi) is 3.78. The summed E-state index contributed by atoms with van der Waals surface area (Å²) in [7, 11) is 1.33. The van der Waals surface area contributed by atoms with Crippen molar-refractivity contribution in [2.24, 2.45) is 0 Å². The summed E-state index contributed by atoms with van der Waals surface area (Å²) in [6, 6.07) is 6.78. The van der Waals surface area contributed by atoms with Crippen LogP contribution in [0.15, 0.2) is 29.2 Å². The summed E-state index contributed by atoms with van der Waals surface area (Å²) in [5, 5.41) is 2.54. The van der Waals surface area contributed by atoms with Gasteiger partial charge in [0.05, 0.1) is 17.6 Å². The molecular weight excluding hydrogens is 270 g/mol. The summed E-state index contributed by atoms with van der Waals surface area (Å²) in [6.45, 7) is 0. The van der Waals surface area contributed by atoms with Crippen molar-refractivity contribution in [2.75, 3.05) is 7.11 Å². The van der Waals surface area contributed by atoms with Gasteiger partial charge in [-0.15, -0.1) is 0 Å². The van der Waals surface area contributed by atoms with E-state index < -0.39 is 0 Å². The maximum Gasteiger partial charge on any atom is 0.337 e. The zero-order valence-corrected chi connectivity index (χ0v) is 11.1. The summed E-state index contributed by atoms with van der Waals surface area (Å²) in [6.07, 6.45) is 1.72. The quantitative estimate of drug-likeness (QED) is 0.509. The van der Waals surface area contributed by atoms with Gasteiger partial charge >= 0.3 is 5.97 Å². The topological polar surface area (TPSA) is 55.4 Å². The van der Waals surface area contributed by atoms with E-state index >= 15 is 0 Å². The predicted octanol–water partition coefficient (Wildman–Crippen LogP) is 1.96. The second kappa shape index (κ2) is 5.32. The van der Waals surface area contributed by atoms with Crippen LogP contribution in [0.2, 0.25) is 0 Å². The molecule has 0 atom stereocenters. The van der Waals surface area contributed by atoms with E-state index in [9.17, 15) is 9.59 Å². The second-order valence-electron chi connectivity index (χ2n) is 3.47. The molecule has 1 amide bonds. The van der Waals surface area contributed by atoms with Gasteiger partial charge in [0.15, 0.2) is 0 Å². The van der Waals surface area contributed by atoms with Gasteiger partial charge in [-0.2, -0.15) is 0 Å². The molecule has 18 heavy (non-hydrogen) atoms.